The molecule has 2 aromatic rings. The third-order valence-electron chi connectivity index (χ3n) is 5.42. The van der Waals surface area contributed by atoms with Crippen molar-refractivity contribution < 1.29 is 14.3 Å². The second kappa shape index (κ2) is 11.4. The molecule has 1 heterocycles. The summed E-state index contributed by atoms with van der Waals surface area (Å²) in [4.78, 5) is 16.6. The minimum atomic E-state index is -0.446. The first-order chi connectivity index (χ1) is 15.5. The first kappa shape index (κ1) is 23.4. The minimum Gasteiger partial charge on any atom is -0.507 e. The predicted octanol–water partition coefficient (Wildman–Crippen LogP) is 2.62. The number of aromatic hydroxyl groups is 1. The summed E-state index contributed by atoms with van der Waals surface area (Å²) in [6.07, 6.45) is 2.62. The zero-order valence-corrected chi connectivity index (χ0v) is 18.2. The molecule has 0 aromatic heterocycles. The molecule has 0 atom stereocenters. The normalized spacial score (nSPS) is 15.0. The van der Waals surface area contributed by atoms with Crippen molar-refractivity contribution in [1.82, 2.24) is 15.2 Å². The van der Waals surface area contributed by atoms with Crippen molar-refractivity contribution in [3.8, 4) is 11.8 Å². The minimum absolute atomic E-state index is 0.00960. The highest BCUT2D eigenvalue weighted by atomic mass is 19.1. The summed E-state index contributed by atoms with van der Waals surface area (Å²) in [5.41, 5.74) is 5.04. The SMILES string of the molecule is CCCc1cc(F)cc(/C=N\NC(=O)CN2CCN(Cc3ccc(C#N)cc3)CC2)c1O. The maximum atomic E-state index is 13.7. The van der Waals surface area contributed by atoms with E-state index in [0.29, 0.717) is 17.5 Å². The van der Waals surface area contributed by atoms with Crippen molar-refractivity contribution in [2.45, 2.75) is 26.3 Å². The van der Waals surface area contributed by atoms with Crippen molar-refractivity contribution >= 4 is 12.1 Å². The van der Waals surface area contributed by atoms with Crippen LogP contribution in [0.2, 0.25) is 0 Å². The van der Waals surface area contributed by atoms with E-state index in [9.17, 15) is 14.3 Å². The number of nitrogens with one attached hydrogen (secondary N) is 1. The van der Waals surface area contributed by atoms with Gasteiger partial charge in [-0.2, -0.15) is 10.4 Å². The molecule has 2 N–H and O–H groups in total. The lowest BCUT2D eigenvalue weighted by Crippen LogP contribution is -2.48. The number of benzene rings is 2. The van der Waals surface area contributed by atoms with Gasteiger partial charge in [0.1, 0.15) is 11.6 Å². The molecule has 0 saturated carbocycles. The zero-order chi connectivity index (χ0) is 22.9. The summed E-state index contributed by atoms with van der Waals surface area (Å²) in [7, 11) is 0. The fourth-order valence-corrected chi connectivity index (χ4v) is 3.70. The fraction of sp³-hybridized carbons (Fsp3) is 0.375. The molecule has 1 aliphatic heterocycles. The Morgan fingerprint density at radius 3 is 2.56 bits per heavy atom. The van der Waals surface area contributed by atoms with Crippen molar-refractivity contribution in [1.29, 1.82) is 5.26 Å². The lowest BCUT2D eigenvalue weighted by molar-refractivity contribution is -0.122. The van der Waals surface area contributed by atoms with Crippen molar-refractivity contribution in [3.05, 3.63) is 64.5 Å². The standard InChI is InChI=1S/C24H28FN5O2/c1-2-3-20-12-22(25)13-21(24(20)32)15-27-28-23(31)17-30-10-8-29(9-11-30)16-19-6-4-18(14-26)5-7-19/h4-7,12-13,15,32H,2-3,8-11,16-17H2,1H3,(H,28,31)/b27-15-. The van der Waals surface area contributed by atoms with Crippen LogP contribution in [0.25, 0.3) is 0 Å². The molecule has 1 fully saturated rings. The zero-order valence-electron chi connectivity index (χ0n) is 18.2. The van der Waals surface area contributed by atoms with Crippen LogP contribution in [0.4, 0.5) is 4.39 Å². The second-order valence-electron chi connectivity index (χ2n) is 7.91. The average Bonchev–Trinajstić information content (AvgIpc) is 2.79. The summed E-state index contributed by atoms with van der Waals surface area (Å²) in [6.45, 7) is 6.19. The molecule has 0 unspecified atom stereocenters. The molecule has 0 spiro atoms. The number of carbonyl (C=O) groups excluding carboxylic acids is 1. The second-order valence-corrected chi connectivity index (χ2v) is 7.91. The molecule has 3 rings (SSSR count). The van der Waals surface area contributed by atoms with Gasteiger partial charge in [0, 0.05) is 38.3 Å². The Morgan fingerprint density at radius 2 is 1.91 bits per heavy atom. The first-order valence-corrected chi connectivity index (χ1v) is 10.8. The third-order valence-corrected chi connectivity index (χ3v) is 5.42. The number of phenolic OH excluding ortho intramolecular Hbond substituents is 1. The number of aryl methyl sites for hydroxylation is 1. The van der Waals surface area contributed by atoms with Crippen LogP contribution in [-0.4, -0.2) is 59.8 Å². The molecule has 7 nitrogen and oxygen atoms in total. The van der Waals surface area contributed by atoms with Crippen molar-refractivity contribution in [2.24, 2.45) is 5.10 Å². The molecular weight excluding hydrogens is 409 g/mol. The highest BCUT2D eigenvalue weighted by Gasteiger charge is 2.19. The number of piperazine rings is 1. The summed E-state index contributed by atoms with van der Waals surface area (Å²) < 4.78 is 13.7. The van der Waals surface area contributed by atoms with E-state index in [1.165, 1.54) is 18.3 Å². The van der Waals surface area contributed by atoms with E-state index in [0.717, 1.165) is 44.7 Å². The Bertz CT molecular complexity index is 993. The van der Waals surface area contributed by atoms with Gasteiger partial charge in [0.05, 0.1) is 24.4 Å². The molecule has 32 heavy (non-hydrogen) atoms. The van der Waals surface area contributed by atoms with E-state index in [1.54, 1.807) is 0 Å². The number of amides is 1. The predicted molar refractivity (Wildman–Crippen MR) is 121 cm³/mol. The molecule has 8 heteroatoms. The number of hydrogen-bond acceptors (Lipinski definition) is 6. The maximum absolute atomic E-state index is 13.7. The van der Waals surface area contributed by atoms with E-state index in [1.807, 2.05) is 31.2 Å². The van der Waals surface area contributed by atoms with E-state index < -0.39 is 5.82 Å². The molecule has 2 aromatic carbocycles. The quantitative estimate of drug-likeness (QED) is 0.489. The number of carbonyl (C=O) groups is 1. The van der Waals surface area contributed by atoms with Crippen LogP contribution < -0.4 is 5.43 Å². The van der Waals surface area contributed by atoms with Crippen LogP contribution in [0.5, 0.6) is 5.75 Å². The lowest BCUT2D eigenvalue weighted by Gasteiger charge is -2.34. The van der Waals surface area contributed by atoms with Crippen LogP contribution in [0.1, 0.15) is 35.6 Å². The Kier molecular flexibility index (Phi) is 8.31. The van der Waals surface area contributed by atoms with Gasteiger partial charge in [-0.25, -0.2) is 9.82 Å². The van der Waals surface area contributed by atoms with Crippen LogP contribution in [-0.2, 0) is 17.8 Å². The third kappa shape index (κ3) is 6.61. The molecule has 1 saturated heterocycles. The average molecular weight is 438 g/mol. The van der Waals surface area contributed by atoms with Crippen molar-refractivity contribution in [3.63, 3.8) is 0 Å². The highest BCUT2D eigenvalue weighted by molar-refractivity contribution is 5.86. The van der Waals surface area contributed by atoms with Gasteiger partial charge >= 0.3 is 0 Å². The Hall–Kier alpha value is -3.28. The topological polar surface area (TPSA) is 92.0 Å². The number of nitrogens with zero attached hydrogens (tertiary/aromatic N) is 4. The van der Waals surface area contributed by atoms with Crippen LogP contribution in [0.15, 0.2) is 41.5 Å². The van der Waals surface area contributed by atoms with Crippen LogP contribution in [0.3, 0.4) is 0 Å². The molecule has 1 amide bonds. The number of hydrazone groups is 1. The Morgan fingerprint density at radius 1 is 1.22 bits per heavy atom. The molecular formula is C24H28FN5O2. The lowest BCUT2D eigenvalue weighted by atomic mass is 10.1. The summed E-state index contributed by atoms with van der Waals surface area (Å²) in [6, 6.07) is 12.2. The van der Waals surface area contributed by atoms with Crippen LogP contribution in [0, 0.1) is 17.1 Å². The van der Waals surface area contributed by atoms with E-state index in [-0.39, 0.29) is 23.8 Å². The number of phenols is 1. The van der Waals surface area contributed by atoms with Gasteiger partial charge in [0.15, 0.2) is 0 Å². The number of nitriles is 1. The number of rotatable bonds is 8. The number of hydrogen-bond donors (Lipinski definition) is 2. The monoisotopic (exact) mass is 437 g/mol. The van der Waals surface area contributed by atoms with Gasteiger partial charge < -0.3 is 5.11 Å². The maximum Gasteiger partial charge on any atom is 0.254 e. The van der Waals surface area contributed by atoms with E-state index in [2.05, 4.69) is 26.4 Å². The Labute approximate surface area is 187 Å². The largest absolute Gasteiger partial charge is 0.507 e. The smallest absolute Gasteiger partial charge is 0.254 e. The van der Waals surface area contributed by atoms with Gasteiger partial charge in [-0.1, -0.05) is 25.5 Å². The summed E-state index contributed by atoms with van der Waals surface area (Å²) in [5.74, 6) is -0.714. The molecule has 0 bridgehead atoms. The first-order valence-electron chi connectivity index (χ1n) is 10.8. The van der Waals surface area contributed by atoms with Gasteiger partial charge in [-0.3, -0.25) is 14.6 Å². The summed E-state index contributed by atoms with van der Waals surface area (Å²) >= 11 is 0. The van der Waals surface area contributed by atoms with Gasteiger partial charge in [0.25, 0.3) is 5.91 Å². The van der Waals surface area contributed by atoms with Gasteiger partial charge in [-0.15, -0.1) is 0 Å². The van der Waals surface area contributed by atoms with Gasteiger partial charge in [-0.05, 0) is 41.8 Å². The molecule has 0 aliphatic carbocycles. The molecule has 168 valence electrons. The van der Waals surface area contributed by atoms with Crippen molar-refractivity contribution in [2.75, 3.05) is 32.7 Å². The number of halogens is 1. The molecule has 1 aliphatic rings. The summed E-state index contributed by atoms with van der Waals surface area (Å²) in [5, 5.41) is 23.0. The van der Waals surface area contributed by atoms with E-state index >= 15 is 0 Å². The van der Waals surface area contributed by atoms with Crippen LogP contribution >= 0.6 is 0 Å². The van der Waals surface area contributed by atoms with Gasteiger partial charge in [0.2, 0.25) is 0 Å². The molecule has 0 radical (unpaired) electrons. The highest BCUT2D eigenvalue weighted by Crippen LogP contribution is 2.24. The van der Waals surface area contributed by atoms with E-state index in [4.69, 9.17) is 5.26 Å². The fourth-order valence-electron chi connectivity index (χ4n) is 3.70. The Balaban J connectivity index is 1.44.